The fourth-order valence-electron chi connectivity index (χ4n) is 3.09. The summed E-state index contributed by atoms with van der Waals surface area (Å²) < 4.78 is 1.21. The molecule has 4 heteroatoms. The molecule has 0 unspecified atom stereocenters. The van der Waals surface area contributed by atoms with Gasteiger partial charge in [-0.15, -0.1) is 0 Å². The molecule has 2 N–H and O–H groups in total. The van der Waals surface area contributed by atoms with E-state index in [1.807, 2.05) is 6.92 Å². The number of hydrogen-bond donors (Lipinski definition) is 2. The molecule has 3 nitrogen and oxygen atoms in total. The fraction of sp³-hybridized carbons (Fsp3) is 0.357. The van der Waals surface area contributed by atoms with E-state index in [2.05, 4.69) is 52.2 Å². The van der Waals surface area contributed by atoms with Gasteiger partial charge in [0.25, 0.3) is 0 Å². The number of carbonyl (C=O) groups is 1. The van der Waals surface area contributed by atoms with Gasteiger partial charge in [0.15, 0.2) is 0 Å². The van der Waals surface area contributed by atoms with Crippen LogP contribution in [0, 0.1) is 16.4 Å². The highest BCUT2D eigenvalue weighted by Crippen LogP contribution is 2.46. The third-order valence-electron chi connectivity index (χ3n) is 3.90. The Morgan fingerprint density at radius 2 is 2.28 bits per heavy atom. The molecule has 1 aliphatic heterocycles. The van der Waals surface area contributed by atoms with Crippen molar-refractivity contribution < 1.29 is 9.90 Å². The van der Waals surface area contributed by atoms with Crippen LogP contribution in [0.3, 0.4) is 0 Å². The molecule has 2 aliphatic rings. The first-order valence-electron chi connectivity index (χ1n) is 6.04. The van der Waals surface area contributed by atoms with E-state index in [-0.39, 0.29) is 11.8 Å². The van der Waals surface area contributed by atoms with Crippen LogP contribution < -0.4 is 5.32 Å². The van der Waals surface area contributed by atoms with Crippen molar-refractivity contribution in [1.29, 1.82) is 0 Å². The van der Waals surface area contributed by atoms with Gasteiger partial charge < -0.3 is 10.4 Å². The highest BCUT2D eigenvalue weighted by molar-refractivity contribution is 14.1. The molecular weight excluding hydrogens is 341 g/mol. The molecule has 3 atom stereocenters. The van der Waals surface area contributed by atoms with E-state index in [4.69, 9.17) is 0 Å². The number of fused-ring (bicyclic) bond motifs is 3. The number of anilines is 1. The van der Waals surface area contributed by atoms with E-state index in [1.54, 1.807) is 0 Å². The van der Waals surface area contributed by atoms with Crippen molar-refractivity contribution in [2.45, 2.75) is 25.3 Å². The molecule has 1 aromatic rings. The Morgan fingerprint density at radius 1 is 1.50 bits per heavy atom. The Morgan fingerprint density at radius 3 is 3.00 bits per heavy atom. The normalized spacial score (nSPS) is 28.4. The Kier molecular flexibility index (Phi) is 2.84. The van der Waals surface area contributed by atoms with Crippen LogP contribution in [0.25, 0.3) is 0 Å². The largest absolute Gasteiger partial charge is 0.480 e. The van der Waals surface area contributed by atoms with Gasteiger partial charge in [0, 0.05) is 21.1 Å². The van der Waals surface area contributed by atoms with Crippen molar-refractivity contribution in [3.05, 3.63) is 39.0 Å². The van der Waals surface area contributed by atoms with Crippen molar-refractivity contribution in [1.82, 2.24) is 0 Å². The third kappa shape index (κ3) is 1.74. The standard InChI is InChI=1S/C14H14INO2/c1-7-5-8(15)6-11-9-3-2-4-10(9)13(14(17)18)16-12(7)11/h2-3,5-6,9-10,13,16H,4H2,1H3,(H,17,18)/t9-,10+,13-/m1/s1. The number of rotatable bonds is 1. The Hall–Kier alpha value is -1.04. The molecular formula is C14H14INO2. The monoisotopic (exact) mass is 355 g/mol. The van der Waals surface area contributed by atoms with Crippen molar-refractivity contribution in [3.8, 4) is 0 Å². The maximum Gasteiger partial charge on any atom is 0.326 e. The minimum atomic E-state index is -0.752. The second-order valence-corrected chi connectivity index (χ2v) is 6.25. The van der Waals surface area contributed by atoms with Crippen LogP contribution in [0.15, 0.2) is 24.3 Å². The van der Waals surface area contributed by atoms with Crippen LogP contribution in [0.5, 0.6) is 0 Å². The Bertz CT molecular complexity index is 553. The second kappa shape index (κ2) is 4.26. The average molecular weight is 355 g/mol. The molecule has 0 saturated heterocycles. The van der Waals surface area contributed by atoms with Crippen molar-refractivity contribution in [2.24, 2.45) is 5.92 Å². The lowest BCUT2D eigenvalue weighted by Gasteiger charge is -2.35. The molecule has 1 aromatic carbocycles. The van der Waals surface area contributed by atoms with Gasteiger partial charge in [-0.05, 0) is 59.2 Å². The number of aryl methyl sites for hydroxylation is 1. The van der Waals surface area contributed by atoms with Gasteiger partial charge in [0.1, 0.15) is 6.04 Å². The van der Waals surface area contributed by atoms with Gasteiger partial charge in [-0.25, -0.2) is 4.79 Å². The van der Waals surface area contributed by atoms with Gasteiger partial charge >= 0.3 is 5.97 Å². The van der Waals surface area contributed by atoms with Gasteiger partial charge in [-0.2, -0.15) is 0 Å². The molecule has 18 heavy (non-hydrogen) atoms. The quantitative estimate of drug-likeness (QED) is 0.601. The fourth-order valence-corrected chi connectivity index (χ4v) is 3.89. The van der Waals surface area contributed by atoms with Crippen LogP contribution in [-0.4, -0.2) is 17.1 Å². The summed E-state index contributed by atoms with van der Waals surface area (Å²) in [6.45, 7) is 2.03. The Labute approximate surface area is 119 Å². The van der Waals surface area contributed by atoms with E-state index in [0.717, 1.165) is 17.7 Å². The van der Waals surface area contributed by atoms with Gasteiger partial charge in [0.05, 0.1) is 0 Å². The molecule has 0 aromatic heterocycles. The van der Waals surface area contributed by atoms with Gasteiger partial charge in [-0.1, -0.05) is 12.2 Å². The molecule has 94 valence electrons. The second-order valence-electron chi connectivity index (χ2n) is 5.00. The zero-order valence-electron chi connectivity index (χ0n) is 9.98. The molecule has 0 bridgehead atoms. The van der Waals surface area contributed by atoms with Crippen LogP contribution in [0.4, 0.5) is 5.69 Å². The summed E-state index contributed by atoms with van der Waals surface area (Å²) >= 11 is 2.32. The molecule has 0 spiro atoms. The predicted octanol–water partition coefficient (Wildman–Crippen LogP) is 3.14. The van der Waals surface area contributed by atoms with Crippen molar-refractivity contribution >= 4 is 34.2 Å². The SMILES string of the molecule is Cc1cc(I)cc2c1N[C@@H](C(=O)O)[C@H]1CC=C[C@@H]21. The van der Waals surface area contributed by atoms with E-state index in [1.165, 1.54) is 9.13 Å². The predicted molar refractivity (Wildman–Crippen MR) is 78.9 cm³/mol. The minimum Gasteiger partial charge on any atom is -0.480 e. The van der Waals surface area contributed by atoms with Gasteiger partial charge in [0.2, 0.25) is 0 Å². The lowest BCUT2D eigenvalue weighted by atomic mass is 9.78. The molecule has 3 rings (SSSR count). The topological polar surface area (TPSA) is 49.3 Å². The number of carboxylic acid groups (broad SMARTS) is 1. The first-order chi connectivity index (χ1) is 8.58. The maximum atomic E-state index is 11.4. The van der Waals surface area contributed by atoms with E-state index in [9.17, 15) is 9.90 Å². The highest BCUT2D eigenvalue weighted by atomic mass is 127. The van der Waals surface area contributed by atoms with Gasteiger partial charge in [-0.3, -0.25) is 0 Å². The van der Waals surface area contributed by atoms with Crippen LogP contribution in [-0.2, 0) is 4.79 Å². The summed E-state index contributed by atoms with van der Waals surface area (Å²) in [6.07, 6.45) is 5.12. The third-order valence-corrected chi connectivity index (χ3v) is 4.52. The summed E-state index contributed by atoms with van der Waals surface area (Å²) in [5.74, 6) is -0.360. The van der Waals surface area contributed by atoms with E-state index >= 15 is 0 Å². The number of aliphatic carboxylic acids is 1. The number of benzene rings is 1. The minimum absolute atomic E-state index is 0.146. The number of nitrogens with one attached hydrogen (secondary N) is 1. The number of hydrogen-bond acceptors (Lipinski definition) is 2. The summed E-state index contributed by atoms with van der Waals surface area (Å²) in [6, 6.07) is 3.78. The molecule has 0 saturated carbocycles. The summed E-state index contributed by atoms with van der Waals surface area (Å²) in [4.78, 5) is 11.4. The Balaban J connectivity index is 2.14. The molecule has 1 heterocycles. The molecule has 0 fully saturated rings. The zero-order chi connectivity index (χ0) is 12.9. The summed E-state index contributed by atoms with van der Waals surface area (Å²) in [7, 11) is 0. The average Bonchev–Trinajstić information content (AvgIpc) is 2.76. The lowest BCUT2D eigenvalue weighted by Crippen LogP contribution is -2.42. The number of allylic oxidation sites excluding steroid dienone is 2. The van der Waals surface area contributed by atoms with Crippen LogP contribution in [0.2, 0.25) is 0 Å². The molecule has 1 aliphatic carbocycles. The lowest BCUT2D eigenvalue weighted by molar-refractivity contribution is -0.139. The van der Waals surface area contributed by atoms with Crippen LogP contribution >= 0.6 is 22.6 Å². The zero-order valence-corrected chi connectivity index (χ0v) is 12.1. The van der Waals surface area contributed by atoms with Crippen molar-refractivity contribution in [2.75, 3.05) is 5.32 Å². The van der Waals surface area contributed by atoms with E-state index in [0.29, 0.717) is 0 Å². The summed E-state index contributed by atoms with van der Waals surface area (Å²) in [5, 5.41) is 12.6. The van der Waals surface area contributed by atoms with Crippen LogP contribution in [0.1, 0.15) is 23.5 Å². The van der Waals surface area contributed by atoms with Crippen molar-refractivity contribution in [3.63, 3.8) is 0 Å². The smallest absolute Gasteiger partial charge is 0.326 e. The number of carboxylic acids is 1. The summed E-state index contributed by atoms with van der Waals surface area (Å²) in [5.41, 5.74) is 3.38. The first-order valence-corrected chi connectivity index (χ1v) is 7.12. The molecule has 0 radical (unpaired) electrons. The van der Waals surface area contributed by atoms with E-state index < -0.39 is 12.0 Å². The molecule has 0 amide bonds. The number of halogens is 1. The maximum absolute atomic E-state index is 11.4. The highest BCUT2D eigenvalue weighted by Gasteiger charge is 2.41. The first kappa shape index (κ1) is 12.0.